The molecule has 6 aliphatic heterocycles. The standard InChI is InChI=1S/6C7H15NO.6CH4/c1-7(2)5-8-3-4-9-6-7;1-7(2)3-4-8-5-6-9-7;1-6-5-9-4-3-8-7(6)2;2*1-6-5-8-3-4-9-7(6)2;1-7(2)6-8-4-3-5-9-7;;;;;;/h2*8H,3-6H2,1-2H3;3*6-8H,3-5H2,1-2H3;8H,3-6H2,1-2H3;6*1H4. The molecule has 6 N–H and O–H groups in total. The first-order valence-corrected chi connectivity index (χ1v) is 21.5. The van der Waals surface area contributed by atoms with Crippen molar-refractivity contribution in [2.45, 2.75) is 170 Å². The SMILES string of the molecule is C.C.C.C.C.C.CC1(C)CCNCCO1.CC1(C)CNCCCO1.CC1(C)CNCCOC1.CC1CNCCOC1C.CC1CNCCOC1C.CC1COCCNC1C. The Hall–Kier alpha value is -0.480. The summed E-state index contributed by atoms with van der Waals surface area (Å²) in [5.74, 6) is 1.98. The van der Waals surface area contributed by atoms with Gasteiger partial charge in [0.2, 0.25) is 0 Å². The van der Waals surface area contributed by atoms with Crippen molar-refractivity contribution >= 4 is 0 Å². The van der Waals surface area contributed by atoms with Gasteiger partial charge in [-0.2, -0.15) is 0 Å². The van der Waals surface area contributed by atoms with Gasteiger partial charge in [-0.05, 0) is 92.2 Å². The Balaban J connectivity index is -0.000000143. The second kappa shape index (κ2) is 41.2. The van der Waals surface area contributed by atoms with Crippen LogP contribution in [0.2, 0.25) is 0 Å². The lowest BCUT2D eigenvalue weighted by atomic mass is 9.95. The third-order valence-corrected chi connectivity index (χ3v) is 10.5. The predicted octanol–water partition coefficient (Wildman–Crippen LogP) is 7.89. The molecule has 6 rings (SSSR count). The molecule has 0 amide bonds. The molecular formula is C48H114N6O6. The molecule has 0 saturated carbocycles. The molecule has 372 valence electrons. The van der Waals surface area contributed by atoms with Gasteiger partial charge in [0, 0.05) is 77.0 Å². The molecule has 0 radical (unpaired) electrons. The number of rotatable bonds is 0. The summed E-state index contributed by atoms with van der Waals surface area (Å²) < 4.78 is 32.6. The minimum Gasteiger partial charge on any atom is -0.380 e. The normalized spacial score (nSPS) is 29.4. The van der Waals surface area contributed by atoms with Gasteiger partial charge in [-0.25, -0.2) is 0 Å². The lowest BCUT2D eigenvalue weighted by molar-refractivity contribution is -0.00785. The second-order valence-corrected chi connectivity index (χ2v) is 17.9. The summed E-state index contributed by atoms with van der Waals surface area (Å²) in [7, 11) is 0. The van der Waals surface area contributed by atoms with Crippen LogP contribution < -0.4 is 31.9 Å². The molecule has 6 saturated heterocycles. The van der Waals surface area contributed by atoms with Crippen LogP contribution >= 0.6 is 0 Å². The molecule has 0 aromatic rings. The first-order chi connectivity index (χ1) is 25.5. The van der Waals surface area contributed by atoms with Crippen molar-refractivity contribution in [1.29, 1.82) is 0 Å². The van der Waals surface area contributed by atoms with E-state index >= 15 is 0 Å². The predicted molar refractivity (Wildman–Crippen MR) is 265 cm³/mol. The zero-order valence-electron chi connectivity index (χ0n) is 37.3. The summed E-state index contributed by atoms with van der Waals surface area (Å²) in [5, 5.41) is 19.9. The Labute approximate surface area is 377 Å². The van der Waals surface area contributed by atoms with Gasteiger partial charge in [-0.15, -0.1) is 0 Å². The maximum Gasteiger partial charge on any atom is 0.0750 e. The fourth-order valence-corrected chi connectivity index (χ4v) is 5.87. The van der Waals surface area contributed by atoms with Crippen LogP contribution in [0.1, 0.15) is 140 Å². The van der Waals surface area contributed by atoms with Crippen LogP contribution in [0.5, 0.6) is 0 Å². The number of ether oxygens (including phenoxy) is 6. The Morgan fingerprint density at radius 2 is 0.950 bits per heavy atom. The highest BCUT2D eigenvalue weighted by molar-refractivity contribution is 4.75. The van der Waals surface area contributed by atoms with E-state index in [4.69, 9.17) is 28.4 Å². The number of nitrogens with one attached hydrogen (secondary N) is 6. The van der Waals surface area contributed by atoms with Crippen molar-refractivity contribution in [2.75, 3.05) is 125 Å². The van der Waals surface area contributed by atoms with E-state index in [2.05, 4.69) is 115 Å². The lowest BCUT2D eigenvalue weighted by Gasteiger charge is -2.21. The van der Waals surface area contributed by atoms with Crippen molar-refractivity contribution in [3.63, 3.8) is 0 Å². The fourth-order valence-electron chi connectivity index (χ4n) is 5.87. The van der Waals surface area contributed by atoms with Crippen molar-refractivity contribution < 1.29 is 28.4 Å². The highest BCUT2D eigenvalue weighted by Crippen LogP contribution is 2.16. The minimum atomic E-state index is 0. The minimum absolute atomic E-state index is 0. The molecule has 12 heteroatoms. The number of hydrogen-bond acceptors (Lipinski definition) is 12. The van der Waals surface area contributed by atoms with Gasteiger partial charge in [0.1, 0.15) is 0 Å². The molecule has 0 bridgehead atoms. The zero-order valence-corrected chi connectivity index (χ0v) is 37.3. The van der Waals surface area contributed by atoms with Crippen molar-refractivity contribution in [3.8, 4) is 0 Å². The summed E-state index contributed by atoms with van der Waals surface area (Å²) in [6, 6.07) is 0.618. The average molecular weight is 871 g/mol. The molecule has 0 aromatic carbocycles. The summed E-state index contributed by atoms with van der Waals surface area (Å²) in [5.41, 5.74) is 0.483. The van der Waals surface area contributed by atoms with E-state index in [9.17, 15) is 0 Å². The van der Waals surface area contributed by atoms with Crippen molar-refractivity contribution in [2.24, 2.45) is 23.2 Å². The maximum absolute atomic E-state index is 5.53. The molecule has 6 atom stereocenters. The molecule has 0 aromatic heterocycles. The molecule has 6 heterocycles. The average Bonchev–Trinajstić information content (AvgIpc) is 3.73. The molecule has 0 aliphatic carbocycles. The van der Waals surface area contributed by atoms with Gasteiger partial charge in [-0.1, -0.05) is 79.2 Å². The van der Waals surface area contributed by atoms with Crippen LogP contribution in [0.3, 0.4) is 0 Å². The maximum atomic E-state index is 5.53. The molecule has 6 fully saturated rings. The third-order valence-electron chi connectivity index (χ3n) is 10.5. The van der Waals surface area contributed by atoms with Gasteiger partial charge in [-0.3, -0.25) is 0 Å². The molecule has 12 nitrogen and oxygen atoms in total. The Morgan fingerprint density at radius 1 is 0.450 bits per heavy atom. The van der Waals surface area contributed by atoms with E-state index in [0.717, 1.165) is 138 Å². The van der Waals surface area contributed by atoms with E-state index in [1.165, 1.54) is 0 Å². The Morgan fingerprint density at radius 3 is 1.53 bits per heavy atom. The monoisotopic (exact) mass is 871 g/mol. The highest BCUT2D eigenvalue weighted by Gasteiger charge is 2.21. The Bertz CT molecular complexity index is 717. The molecular weight excluding hydrogens is 757 g/mol. The van der Waals surface area contributed by atoms with Crippen LogP contribution in [-0.4, -0.2) is 154 Å². The summed E-state index contributed by atoms with van der Waals surface area (Å²) in [6.07, 6.45) is 3.12. The molecule has 60 heavy (non-hydrogen) atoms. The first-order valence-electron chi connectivity index (χ1n) is 21.5. The van der Waals surface area contributed by atoms with Crippen LogP contribution in [0, 0.1) is 23.2 Å². The van der Waals surface area contributed by atoms with Crippen molar-refractivity contribution in [1.82, 2.24) is 31.9 Å². The summed E-state index contributed by atoms with van der Waals surface area (Å²) in [4.78, 5) is 0. The van der Waals surface area contributed by atoms with Gasteiger partial charge in [0.15, 0.2) is 0 Å². The Kier molecular flexibility index (Phi) is 48.9. The summed E-state index contributed by atoms with van der Waals surface area (Å²) in [6.45, 7) is 44.5. The van der Waals surface area contributed by atoms with Gasteiger partial charge in [0.25, 0.3) is 0 Å². The van der Waals surface area contributed by atoms with Crippen LogP contribution in [0.25, 0.3) is 0 Å². The smallest absolute Gasteiger partial charge is 0.0750 e. The third kappa shape index (κ3) is 39.1. The quantitative estimate of drug-likeness (QED) is 0.142. The fraction of sp³-hybridized carbons (Fsp3) is 1.00. The topological polar surface area (TPSA) is 128 Å². The number of hydrogen-bond donors (Lipinski definition) is 6. The molecule has 0 spiro atoms. The van der Waals surface area contributed by atoms with E-state index in [0.29, 0.717) is 41.4 Å². The van der Waals surface area contributed by atoms with E-state index in [1.54, 1.807) is 0 Å². The van der Waals surface area contributed by atoms with Crippen LogP contribution in [-0.2, 0) is 28.4 Å². The van der Waals surface area contributed by atoms with Crippen molar-refractivity contribution in [3.05, 3.63) is 0 Å². The van der Waals surface area contributed by atoms with E-state index in [1.807, 2.05) is 0 Å². The van der Waals surface area contributed by atoms with Gasteiger partial charge < -0.3 is 60.3 Å². The summed E-state index contributed by atoms with van der Waals surface area (Å²) >= 11 is 0. The van der Waals surface area contributed by atoms with E-state index < -0.39 is 0 Å². The lowest BCUT2D eigenvalue weighted by Crippen LogP contribution is -2.34. The largest absolute Gasteiger partial charge is 0.380 e. The van der Waals surface area contributed by atoms with Crippen LogP contribution in [0.15, 0.2) is 0 Å². The van der Waals surface area contributed by atoms with Crippen LogP contribution in [0.4, 0.5) is 0 Å². The zero-order chi connectivity index (χ0) is 40.3. The molecule has 6 unspecified atom stereocenters. The highest BCUT2D eigenvalue weighted by atomic mass is 16.5. The molecule has 6 aliphatic rings. The van der Waals surface area contributed by atoms with E-state index in [-0.39, 0.29) is 55.8 Å². The second-order valence-electron chi connectivity index (χ2n) is 17.9. The first kappa shape index (κ1) is 71.2. The van der Waals surface area contributed by atoms with Gasteiger partial charge in [0.05, 0.1) is 69.7 Å². The van der Waals surface area contributed by atoms with Gasteiger partial charge >= 0.3 is 0 Å².